The maximum Gasteiger partial charge on any atom is 0.410 e. The molecule has 2 aromatic carbocycles. The third kappa shape index (κ3) is 3.53. The third-order valence-corrected chi connectivity index (χ3v) is 6.01. The Bertz CT molecular complexity index is 953. The molecule has 1 aliphatic carbocycles. The highest BCUT2D eigenvalue weighted by Gasteiger charge is 2.48. The zero-order chi connectivity index (χ0) is 20.4. The van der Waals surface area contributed by atoms with E-state index in [0.29, 0.717) is 12.1 Å². The molecule has 1 saturated heterocycles. The summed E-state index contributed by atoms with van der Waals surface area (Å²) in [6, 6.07) is 15.3. The number of piperidine rings is 1. The number of carbonyl (C=O) groups is 2. The van der Waals surface area contributed by atoms with Crippen molar-refractivity contribution in [1.29, 1.82) is 0 Å². The Morgan fingerprint density at radius 1 is 1.14 bits per heavy atom. The summed E-state index contributed by atoms with van der Waals surface area (Å²) in [5.41, 5.74) is 4.36. The van der Waals surface area contributed by atoms with Gasteiger partial charge in [0.15, 0.2) is 0 Å². The van der Waals surface area contributed by atoms with Crippen LogP contribution in [-0.4, -0.2) is 30.6 Å². The van der Waals surface area contributed by atoms with Crippen LogP contribution in [0.4, 0.5) is 4.79 Å². The highest BCUT2D eigenvalue weighted by atomic mass is 16.6. The van der Waals surface area contributed by atoms with Crippen molar-refractivity contribution in [2.75, 3.05) is 13.7 Å². The molecule has 5 nitrogen and oxygen atoms in total. The van der Waals surface area contributed by atoms with Crippen molar-refractivity contribution < 1.29 is 19.1 Å². The Balaban J connectivity index is 1.61. The molecule has 0 aromatic heterocycles. The molecule has 150 valence electrons. The van der Waals surface area contributed by atoms with E-state index in [4.69, 9.17) is 9.47 Å². The number of nitrogens with zero attached hydrogens (tertiary/aromatic N) is 1. The molecule has 1 amide bonds. The summed E-state index contributed by atoms with van der Waals surface area (Å²) in [5.74, 6) is -0.346. The van der Waals surface area contributed by atoms with E-state index >= 15 is 0 Å². The summed E-state index contributed by atoms with van der Waals surface area (Å²) in [4.78, 5) is 26.8. The first-order valence-electron chi connectivity index (χ1n) is 9.90. The first-order valence-corrected chi connectivity index (χ1v) is 9.90. The summed E-state index contributed by atoms with van der Waals surface area (Å²) in [6.45, 7) is 5.04. The first-order chi connectivity index (χ1) is 14.0. The van der Waals surface area contributed by atoms with Gasteiger partial charge in [-0.05, 0) is 54.5 Å². The van der Waals surface area contributed by atoms with Crippen LogP contribution in [0.25, 0.3) is 0 Å². The lowest BCUT2D eigenvalue weighted by Crippen LogP contribution is -2.51. The van der Waals surface area contributed by atoms with Crippen molar-refractivity contribution in [1.82, 2.24) is 4.90 Å². The van der Waals surface area contributed by atoms with Crippen LogP contribution >= 0.6 is 0 Å². The largest absolute Gasteiger partial charge is 0.465 e. The lowest BCUT2D eigenvalue weighted by molar-refractivity contribution is 0.0331. The van der Waals surface area contributed by atoms with Gasteiger partial charge in [0.05, 0.1) is 18.2 Å². The Morgan fingerprint density at radius 2 is 1.93 bits per heavy atom. The van der Waals surface area contributed by atoms with Gasteiger partial charge in [0.1, 0.15) is 6.61 Å². The number of amides is 1. The van der Waals surface area contributed by atoms with E-state index in [1.807, 2.05) is 47.4 Å². The number of hydrogen-bond donors (Lipinski definition) is 0. The predicted molar refractivity (Wildman–Crippen MR) is 109 cm³/mol. The summed E-state index contributed by atoms with van der Waals surface area (Å²) < 4.78 is 10.5. The van der Waals surface area contributed by atoms with E-state index in [9.17, 15) is 9.59 Å². The number of esters is 1. The van der Waals surface area contributed by atoms with E-state index in [1.54, 1.807) is 6.07 Å². The van der Waals surface area contributed by atoms with Gasteiger partial charge >= 0.3 is 12.1 Å². The Morgan fingerprint density at radius 3 is 2.69 bits per heavy atom. The molecule has 4 rings (SSSR count). The van der Waals surface area contributed by atoms with Crippen LogP contribution in [0.15, 0.2) is 60.7 Å². The Hall–Kier alpha value is -3.08. The Kier molecular flexibility index (Phi) is 5.14. The Labute approximate surface area is 170 Å². The number of fused-ring (bicyclic) bond motifs is 2. The molecular weight excluding hydrogens is 366 g/mol. The summed E-state index contributed by atoms with van der Waals surface area (Å²) in [7, 11) is 1.38. The second kappa shape index (κ2) is 7.74. The van der Waals surface area contributed by atoms with Gasteiger partial charge in [-0.25, -0.2) is 9.59 Å². The summed E-state index contributed by atoms with van der Waals surface area (Å²) in [5, 5.41) is 0. The van der Waals surface area contributed by atoms with Gasteiger partial charge in [-0.3, -0.25) is 4.90 Å². The van der Waals surface area contributed by atoms with Crippen LogP contribution in [0, 0.1) is 0 Å². The van der Waals surface area contributed by atoms with E-state index in [0.717, 1.165) is 47.9 Å². The molecule has 0 N–H and O–H groups in total. The quantitative estimate of drug-likeness (QED) is 0.567. The lowest BCUT2D eigenvalue weighted by atomic mass is 9.79. The maximum atomic E-state index is 13.1. The van der Waals surface area contributed by atoms with Crippen LogP contribution in [-0.2, 0) is 28.0 Å². The van der Waals surface area contributed by atoms with Crippen molar-refractivity contribution in [2.24, 2.45) is 0 Å². The number of benzene rings is 2. The highest BCUT2D eigenvalue weighted by molar-refractivity contribution is 5.89. The van der Waals surface area contributed by atoms with Crippen LogP contribution in [0.1, 0.15) is 46.3 Å². The maximum absolute atomic E-state index is 13.1. The molecule has 1 spiro atoms. The zero-order valence-corrected chi connectivity index (χ0v) is 16.6. The molecule has 1 aliphatic heterocycles. The number of hydrogen-bond acceptors (Lipinski definition) is 4. The molecule has 0 radical (unpaired) electrons. The fourth-order valence-corrected chi connectivity index (χ4v) is 4.58. The normalized spacial score (nSPS) is 20.4. The highest BCUT2D eigenvalue weighted by Crippen LogP contribution is 2.49. The summed E-state index contributed by atoms with van der Waals surface area (Å²) >= 11 is 0. The first kappa shape index (κ1) is 19.2. The molecule has 1 unspecified atom stereocenters. The fraction of sp³-hybridized carbons (Fsp3) is 0.333. The van der Waals surface area contributed by atoms with Crippen LogP contribution in [0.3, 0.4) is 0 Å². The van der Waals surface area contributed by atoms with Gasteiger partial charge in [0.25, 0.3) is 0 Å². The van der Waals surface area contributed by atoms with Gasteiger partial charge in [-0.2, -0.15) is 0 Å². The fourth-order valence-electron chi connectivity index (χ4n) is 4.58. The minimum absolute atomic E-state index is 0.251. The van der Waals surface area contributed by atoms with Crippen molar-refractivity contribution in [3.63, 3.8) is 0 Å². The number of methoxy groups -OCH3 is 1. The number of ether oxygens (including phenoxy) is 2. The van der Waals surface area contributed by atoms with Crippen LogP contribution < -0.4 is 0 Å². The molecule has 0 saturated carbocycles. The van der Waals surface area contributed by atoms with E-state index in [2.05, 4.69) is 6.58 Å². The smallest absolute Gasteiger partial charge is 0.410 e. The molecule has 2 aromatic rings. The summed E-state index contributed by atoms with van der Waals surface area (Å²) in [6.07, 6.45) is 2.80. The minimum atomic E-state index is -0.451. The van der Waals surface area contributed by atoms with Crippen LogP contribution in [0.5, 0.6) is 0 Å². The van der Waals surface area contributed by atoms with Crippen molar-refractivity contribution in [2.45, 2.75) is 37.8 Å². The van der Waals surface area contributed by atoms with Gasteiger partial charge in [-0.15, -0.1) is 0 Å². The molecule has 1 fully saturated rings. The van der Waals surface area contributed by atoms with Gasteiger partial charge in [0.2, 0.25) is 0 Å². The van der Waals surface area contributed by atoms with Crippen molar-refractivity contribution in [3.8, 4) is 0 Å². The molecular formula is C24H25NO4. The molecule has 2 aliphatic rings. The number of aryl methyl sites for hydroxylation is 1. The van der Waals surface area contributed by atoms with E-state index in [-0.39, 0.29) is 18.7 Å². The number of rotatable bonds is 3. The lowest BCUT2D eigenvalue weighted by Gasteiger charge is -2.45. The van der Waals surface area contributed by atoms with Gasteiger partial charge in [0, 0.05) is 6.54 Å². The zero-order valence-electron chi connectivity index (χ0n) is 16.6. The second-order valence-corrected chi connectivity index (χ2v) is 7.76. The minimum Gasteiger partial charge on any atom is -0.465 e. The molecule has 0 bridgehead atoms. The second-order valence-electron chi connectivity index (χ2n) is 7.76. The van der Waals surface area contributed by atoms with Crippen molar-refractivity contribution >= 4 is 12.1 Å². The third-order valence-electron chi connectivity index (χ3n) is 6.01. The standard InChI is InChI=1S/C24H25NO4/c1-17-11-13-25(23(27)29-16-18-6-4-3-5-7-18)24(15-17)12-10-19-14-20(22(26)28-2)8-9-21(19)24/h3-9,14H,1,10-13,15-16H2,2H3. The topological polar surface area (TPSA) is 55.8 Å². The number of carbonyl (C=O) groups excluding carboxylic acids is 2. The average molecular weight is 391 g/mol. The van der Waals surface area contributed by atoms with Crippen molar-refractivity contribution in [3.05, 3.63) is 82.9 Å². The molecule has 29 heavy (non-hydrogen) atoms. The van der Waals surface area contributed by atoms with Gasteiger partial charge < -0.3 is 9.47 Å². The SMILES string of the molecule is C=C1CCN(C(=O)OCc2ccccc2)C2(CCc3cc(C(=O)OC)ccc32)C1. The molecule has 5 heteroatoms. The predicted octanol–water partition coefficient (Wildman–Crippen LogP) is 4.60. The van der Waals surface area contributed by atoms with E-state index < -0.39 is 5.54 Å². The van der Waals surface area contributed by atoms with Gasteiger partial charge in [-0.1, -0.05) is 48.6 Å². The molecule has 1 heterocycles. The number of likely N-dealkylation sites (tertiary alicyclic amines) is 1. The average Bonchev–Trinajstić information content (AvgIpc) is 3.10. The molecule has 1 atom stereocenters. The van der Waals surface area contributed by atoms with E-state index in [1.165, 1.54) is 7.11 Å². The monoisotopic (exact) mass is 391 g/mol. The van der Waals surface area contributed by atoms with Crippen LogP contribution in [0.2, 0.25) is 0 Å².